The van der Waals surface area contributed by atoms with Crippen LogP contribution in [0.5, 0.6) is 0 Å². The zero-order valence-corrected chi connectivity index (χ0v) is 12.3. The standard InChI is InChI=1S/C15H22N2O4/c1-11-8-13(19)9-14(21-11)15(20)16-5-3-7-17-6-2-4-12(18)10-17/h8-9,12,18H,2-7,10H2,1H3,(H,16,20)/t12-/m0/s1. The molecule has 2 heterocycles. The molecule has 1 aromatic rings. The van der Waals surface area contributed by atoms with E-state index in [1.165, 1.54) is 12.1 Å². The van der Waals surface area contributed by atoms with Gasteiger partial charge >= 0.3 is 0 Å². The molecule has 0 unspecified atom stereocenters. The highest BCUT2D eigenvalue weighted by molar-refractivity contribution is 5.91. The molecule has 116 valence electrons. The molecule has 1 saturated heterocycles. The molecule has 2 N–H and O–H groups in total. The largest absolute Gasteiger partial charge is 0.456 e. The number of carbonyl (C=O) groups excluding carboxylic acids is 1. The van der Waals surface area contributed by atoms with Crippen molar-refractivity contribution >= 4 is 5.91 Å². The van der Waals surface area contributed by atoms with Crippen LogP contribution in [-0.2, 0) is 0 Å². The van der Waals surface area contributed by atoms with Crippen LogP contribution in [0.1, 0.15) is 35.6 Å². The number of aliphatic hydroxyl groups is 1. The van der Waals surface area contributed by atoms with Crippen molar-refractivity contribution in [2.45, 2.75) is 32.3 Å². The van der Waals surface area contributed by atoms with E-state index in [0.29, 0.717) is 18.8 Å². The average molecular weight is 294 g/mol. The second-order valence-electron chi connectivity index (χ2n) is 5.47. The minimum atomic E-state index is -0.366. The number of likely N-dealkylation sites (tertiary alicyclic amines) is 1. The summed E-state index contributed by atoms with van der Waals surface area (Å²) in [6, 6.07) is 2.54. The number of β-amino-alcohol motifs (C(OH)–C–C–N with tert-alkyl or cyclic N) is 1. The predicted octanol–water partition coefficient (Wildman–Crippen LogP) is 0.525. The van der Waals surface area contributed by atoms with Crippen LogP contribution >= 0.6 is 0 Å². The van der Waals surface area contributed by atoms with Crippen LogP contribution in [0.4, 0.5) is 0 Å². The summed E-state index contributed by atoms with van der Waals surface area (Å²) in [5.74, 6) is 0.109. The maximum atomic E-state index is 11.9. The van der Waals surface area contributed by atoms with Crippen molar-refractivity contribution in [3.63, 3.8) is 0 Å². The highest BCUT2D eigenvalue weighted by Gasteiger charge is 2.17. The Morgan fingerprint density at radius 1 is 1.52 bits per heavy atom. The third-order valence-electron chi connectivity index (χ3n) is 3.53. The Balaban J connectivity index is 1.73. The Morgan fingerprint density at radius 2 is 2.33 bits per heavy atom. The molecule has 0 aromatic carbocycles. The number of rotatable bonds is 5. The molecule has 1 fully saturated rings. The van der Waals surface area contributed by atoms with Crippen LogP contribution < -0.4 is 10.7 Å². The maximum absolute atomic E-state index is 11.9. The molecule has 21 heavy (non-hydrogen) atoms. The normalized spacial score (nSPS) is 19.4. The molecule has 1 atom stereocenters. The van der Waals surface area contributed by atoms with E-state index in [0.717, 1.165) is 32.4 Å². The van der Waals surface area contributed by atoms with Crippen LogP contribution in [0.25, 0.3) is 0 Å². The van der Waals surface area contributed by atoms with Gasteiger partial charge in [0.25, 0.3) is 5.91 Å². The van der Waals surface area contributed by atoms with Gasteiger partial charge in [-0.15, -0.1) is 0 Å². The number of aryl methyl sites for hydroxylation is 1. The van der Waals surface area contributed by atoms with Gasteiger partial charge in [-0.2, -0.15) is 0 Å². The van der Waals surface area contributed by atoms with Gasteiger partial charge in [0.05, 0.1) is 6.10 Å². The first kappa shape index (κ1) is 15.7. The summed E-state index contributed by atoms with van der Waals surface area (Å²) >= 11 is 0. The topological polar surface area (TPSA) is 82.8 Å². The predicted molar refractivity (Wildman–Crippen MR) is 78.3 cm³/mol. The van der Waals surface area contributed by atoms with E-state index >= 15 is 0 Å². The zero-order valence-electron chi connectivity index (χ0n) is 12.3. The number of carbonyl (C=O) groups is 1. The first-order valence-corrected chi connectivity index (χ1v) is 7.35. The molecule has 0 spiro atoms. The van der Waals surface area contributed by atoms with Crippen molar-refractivity contribution < 1.29 is 14.3 Å². The molecule has 6 nitrogen and oxygen atoms in total. The van der Waals surface area contributed by atoms with Crippen molar-refractivity contribution in [2.24, 2.45) is 0 Å². The molecule has 1 aromatic heterocycles. The Bertz CT molecular complexity index is 541. The van der Waals surface area contributed by atoms with Crippen LogP contribution in [0.2, 0.25) is 0 Å². The summed E-state index contributed by atoms with van der Waals surface area (Å²) in [7, 11) is 0. The zero-order chi connectivity index (χ0) is 15.2. The number of nitrogens with one attached hydrogen (secondary N) is 1. The third-order valence-corrected chi connectivity index (χ3v) is 3.53. The average Bonchev–Trinajstić information content (AvgIpc) is 2.42. The van der Waals surface area contributed by atoms with E-state index in [1.54, 1.807) is 6.92 Å². The molecule has 1 amide bonds. The van der Waals surface area contributed by atoms with E-state index < -0.39 is 0 Å². The fraction of sp³-hybridized carbons (Fsp3) is 0.600. The van der Waals surface area contributed by atoms with Gasteiger partial charge in [0.1, 0.15) is 5.76 Å². The van der Waals surface area contributed by atoms with E-state index in [1.807, 2.05) is 0 Å². The molecule has 0 bridgehead atoms. The third kappa shape index (κ3) is 4.99. The Kier molecular flexibility index (Phi) is 5.52. The summed E-state index contributed by atoms with van der Waals surface area (Å²) in [6.07, 6.45) is 2.46. The quantitative estimate of drug-likeness (QED) is 0.774. The SMILES string of the molecule is Cc1cc(=O)cc(C(=O)NCCCN2CCC[C@H](O)C2)o1. The van der Waals surface area contributed by atoms with Gasteiger partial charge in [0, 0.05) is 25.2 Å². The Hall–Kier alpha value is -1.66. The van der Waals surface area contributed by atoms with Crippen LogP contribution in [0.15, 0.2) is 21.3 Å². The summed E-state index contributed by atoms with van der Waals surface area (Å²) in [5.41, 5.74) is -0.230. The Morgan fingerprint density at radius 3 is 3.05 bits per heavy atom. The van der Waals surface area contributed by atoms with Crippen molar-refractivity contribution in [3.05, 3.63) is 33.9 Å². The molecule has 1 aliphatic rings. The number of hydrogen-bond donors (Lipinski definition) is 2. The van der Waals surface area contributed by atoms with Crippen LogP contribution in [-0.4, -0.2) is 48.2 Å². The van der Waals surface area contributed by atoms with E-state index in [4.69, 9.17) is 4.42 Å². The maximum Gasteiger partial charge on any atom is 0.287 e. The Labute approximate surface area is 123 Å². The summed E-state index contributed by atoms with van der Waals surface area (Å²) in [4.78, 5) is 25.4. The second-order valence-corrected chi connectivity index (χ2v) is 5.47. The van der Waals surface area contributed by atoms with Gasteiger partial charge in [-0.25, -0.2) is 0 Å². The number of piperidine rings is 1. The molecular weight excluding hydrogens is 272 g/mol. The lowest BCUT2D eigenvalue weighted by Crippen LogP contribution is -2.39. The molecule has 1 aliphatic heterocycles. The lowest BCUT2D eigenvalue weighted by Gasteiger charge is -2.29. The number of nitrogens with zero attached hydrogens (tertiary/aromatic N) is 1. The fourth-order valence-corrected chi connectivity index (χ4v) is 2.54. The lowest BCUT2D eigenvalue weighted by atomic mass is 10.1. The number of hydrogen-bond acceptors (Lipinski definition) is 5. The smallest absolute Gasteiger partial charge is 0.287 e. The van der Waals surface area contributed by atoms with Crippen molar-refractivity contribution in [3.8, 4) is 0 Å². The van der Waals surface area contributed by atoms with Crippen molar-refractivity contribution in [2.75, 3.05) is 26.2 Å². The number of amides is 1. The van der Waals surface area contributed by atoms with Gasteiger partial charge in [0.15, 0.2) is 11.2 Å². The van der Waals surface area contributed by atoms with Gasteiger partial charge < -0.3 is 19.7 Å². The fourth-order valence-electron chi connectivity index (χ4n) is 2.54. The highest BCUT2D eigenvalue weighted by atomic mass is 16.3. The van der Waals surface area contributed by atoms with Gasteiger partial charge in [0.2, 0.25) is 0 Å². The van der Waals surface area contributed by atoms with Gasteiger partial charge in [-0.05, 0) is 39.3 Å². The first-order valence-electron chi connectivity index (χ1n) is 7.35. The monoisotopic (exact) mass is 294 g/mol. The van der Waals surface area contributed by atoms with E-state index in [2.05, 4.69) is 10.2 Å². The van der Waals surface area contributed by atoms with Gasteiger partial charge in [-0.1, -0.05) is 0 Å². The van der Waals surface area contributed by atoms with E-state index in [9.17, 15) is 14.7 Å². The minimum Gasteiger partial charge on any atom is -0.456 e. The molecule has 0 saturated carbocycles. The van der Waals surface area contributed by atoms with Gasteiger partial charge in [-0.3, -0.25) is 9.59 Å². The minimum absolute atomic E-state index is 0.0494. The molecule has 0 aliphatic carbocycles. The second kappa shape index (κ2) is 7.38. The highest BCUT2D eigenvalue weighted by Crippen LogP contribution is 2.09. The molecule has 0 radical (unpaired) electrons. The van der Waals surface area contributed by atoms with Crippen molar-refractivity contribution in [1.29, 1.82) is 0 Å². The number of aliphatic hydroxyl groups excluding tert-OH is 1. The summed E-state index contributed by atoms with van der Waals surface area (Å²) in [5, 5.41) is 12.3. The molecular formula is C15H22N2O4. The molecule has 2 rings (SSSR count). The van der Waals surface area contributed by atoms with E-state index in [-0.39, 0.29) is 23.2 Å². The molecule has 6 heteroatoms. The first-order chi connectivity index (χ1) is 10.0. The lowest BCUT2D eigenvalue weighted by molar-refractivity contribution is 0.0696. The van der Waals surface area contributed by atoms with Crippen LogP contribution in [0.3, 0.4) is 0 Å². The van der Waals surface area contributed by atoms with Crippen LogP contribution in [0, 0.1) is 6.92 Å². The van der Waals surface area contributed by atoms with Crippen molar-refractivity contribution in [1.82, 2.24) is 10.2 Å². The summed E-state index contributed by atoms with van der Waals surface area (Å²) < 4.78 is 5.23. The summed E-state index contributed by atoms with van der Waals surface area (Å²) in [6.45, 7) is 4.70.